The number of thioether (sulfide) groups is 1. The summed E-state index contributed by atoms with van der Waals surface area (Å²) in [4.78, 5) is 46.3. The van der Waals surface area contributed by atoms with E-state index in [-0.39, 0.29) is 29.7 Å². The van der Waals surface area contributed by atoms with Gasteiger partial charge in [-0.3, -0.25) is 14.4 Å². The number of carbonyl (C=O) groups excluding carboxylic acids is 3. The van der Waals surface area contributed by atoms with Gasteiger partial charge in [-0.1, -0.05) is 6.07 Å². The zero-order valence-electron chi connectivity index (χ0n) is 17.5. The molecule has 2 fully saturated rings. The van der Waals surface area contributed by atoms with Gasteiger partial charge in [-0.25, -0.2) is 4.98 Å². The van der Waals surface area contributed by atoms with E-state index >= 15 is 0 Å². The number of nitrogens with one attached hydrogen (secondary N) is 1. The highest BCUT2D eigenvalue weighted by molar-refractivity contribution is 7.98. The number of hydrogen-bond donors (Lipinski definition) is 1. The topological polar surface area (TPSA) is 82.6 Å². The van der Waals surface area contributed by atoms with Crippen LogP contribution in [0, 0.1) is 5.41 Å². The number of aromatic nitrogens is 1. The molecule has 164 valence electrons. The quantitative estimate of drug-likeness (QED) is 0.697. The van der Waals surface area contributed by atoms with E-state index in [1.807, 2.05) is 33.6 Å². The van der Waals surface area contributed by atoms with E-state index in [2.05, 4.69) is 10.3 Å². The molecule has 0 unspecified atom stereocenters. The number of rotatable bonds is 5. The molecule has 2 aromatic heterocycles. The molecule has 1 spiro atoms. The van der Waals surface area contributed by atoms with Gasteiger partial charge in [0.1, 0.15) is 5.03 Å². The third kappa shape index (κ3) is 4.77. The van der Waals surface area contributed by atoms with Crippen LogP contribution in [-0.4, -0.2) is 71.5 Å². The molecule has 4 heterocycles. The van der Waals surface area contributed by atoms with Crippen LogP contribution in [0.3, 0.4) is 0 Å². The van der Waals surface area contributed by atoms with E-state index in [0.717, 1.165) is 24.3 Å². The van der Waals surface area contributed by atoms with Crippen LogP contribution in [0.5, 0.6) is 0 Å². The van der Waals surface area contributed by atoms with Gasteiger partial charge in [-0.2, -0.15) is 0 Å². The number of hydrogen-bond acceptors (Lipinski definition) is 6. The maximum atomic E-state index is 13.0. The lowest BCUT2D eigenvalue weighted by molar-refractivity contribution is -0.129. The molecule has 0 aromatic carbocycles. The maximum absolute atomic E-state index is 13.0. The first kappa shape index (κ1) is 21.8. The molecule has 3 amide bonds. The summed E-state index contributed by atoms with van der Waals surface area (Å²) in [5.74, 6) is -0.209. The SMILES string of the molecule is CSc1ncccc1C(=O)N1CCC2(CCN(C(=O)CNC(=O)c3cccs3)C2)CC1. The highest BCUT2D eigenvalue weighted by Crippen LogP contribution is 2.40. The minimum Gasteiger partial charge on any atom is -0.342 e. The van der Waals surface area contributed by atoms with Gasteiger partial charge in [0.25, 0.3) is 11.8 Å². The fraction of sp³-hybridized carbons (Fsp3) is 0.455. The molecule has 2 aliphatic heterocycles. The molecule has 2 saturated heterocycles. The second kappa shape index (κ2) is 9.40. The minimum absolute atomic E-state index is 0.0237. The normalized spacial score (nSPS) is 17.7. The van der Waals surface area contributed by atoms with Gasteiger partial charge in [-0.15, -0.1) is 23.1 Å². The third-order valence-electron chi connectivity index (χ3n) is 6.24. The van der Waals surface area contributed by atoms with Crippen molar-refractivity contribution >= 4 is 40.8 Å². The summed E-state index contributed by atoms with van der Waals surface area (Å²) in [6, 6.07) is 7.21. The summed E-state index contributed by atoms with van der Waals surface area (Å²) in [5, 5.41) is 5.32. The van der Waals surface area contributed by atoms with Gasteiger partial charge < -0.3 is 15.1 Å². The largest absolute Gasteiger partial charge is 0.342 e. The first-order valence-electron chi connectivity index (χ1n) is 10.4. The minimum atomic E-state index is -0.205. The third-order valence-corrected chi connectivity index (χ3v) is 7.82. The second-order valence-electron chi connectivity index (χ2n) is 8.08. The number of piperidine rings is 1. The Kier molecular flexibility index (Phi) is 6.62. The van der Waals surface area contributed by atoms with Crippen LogP contribution >= 0.6 is 23.1 Å². The van der Waals surface area contributed by atoms with E-state index in [1.165, 1.54) is 23.1 Å². The van der Waals surface area contributed by atoms with E-state index in [0.29, 0.717) is 36.6 Å². The Morgan fingerprint density at radius 2 is 1.87 bits per heavy atom. The second-order valence-corrected chi connectivity index (χ2v) is 9.82. The zero-order valence-corrected chi connectivity index (χ0v) is 19.1. The van der Waals surface area contributed by atoms with Gasteiger partial charge in [-0.05, 0) is 54.5 Å². The predicted octanol–water partition coefficient (Wildman–Crippen LogP) is 2.75. The summed E-state index contributed by atoms with van der Waals surface area (Å²) < 4.78 is 0. The van der Waals surface area contributed by atoms with Crippen LogP contribution in [0.4, 0.5) is 0 Å². The highest BCUT2D eigenvalue weighted by atomic mass is 32.2. The predicted molar refractivity (Wildman–Crippen MR) is 121 cm³/mol. The summed E-state index contributed by atoms with van der Waals surface area (Å²) in [6.45, 7) is 2.82. The molecule has 9 heteroatoms. The Hall–Kier alpha value is -2.39. The number of thiophene rings is 1. The Bertz CT molecular complexity index is 955. The van der Waals surface area contributed by atoms with Crippen molar-refractivity contribution in [1.82, 2.24) is 20.1 Å². The van der Waals surface area contributed by atoms with Gasteiger partial charge in [0.2, 0.25) is 5.91 Å². The molecule has 0 aliphatic carbocycles. The summed E-state index contributed by atoms with van der Waals surface area (Å²) in [5.41, 5.74) is 0.734. The summed E-state index contributed by atoms with van der Waals surface area (Å²) in [6.07, 6.45) is 6.36. The fourth-order valence-electron chi connectivity index (χ4n) is 4.39. The van der Waals surface area contributed by atoms with Gasteiger partial charge in [0.05, 0.1) is 17.0 Å². The summed E-state index contributed by atoms with van der Waals surface area (Å²) >= 11 is 2.84. The number of amides is 3. The van der Waals surface area contributed by atoms with Crippen molar-refractivity contribution in [3.63, 3.8) is 0 Å². The zero-order chi connectivity index (χ0) is 21.8. The van der Waals surface area contributed by atoms with Crippen molar-refractivity contribution in [2.45, 2.75) is 24.3 Å². The Balaban J connectivity index is 1.29. The molecule has 0 saturated carbocycles. The van der Waals surface area contributed by atoms with E-state index < -0.39 is 0 Å². The van der Waals surface area contributed by atoms with E-state index in [9.17, 15) is 14.4 Å². The standard InChI is InChI=1S/C22H26N4O3S2/c1-30-20-16(4-2-9-23-20)21(29)25-10-6-22(7-11-25)8-12-26(15-22)18(27)14-24-19(28)17-5-3-13-31-17/h2-5,9,13H,6-8,10-12,14-15H2,1H3,(H,24,28). The molecule has 2 aliphatic rings. The smallest absolute Gasteiger partial charge is 0.261 e. The van der Waals surface area contributed by atoms with E-state index in [4.69, 9.17) is 0 Å². The van der Waals surface area contributed by atoms with Crippen molar-refractivity contribution in [2.75, 3.05) is 39.0 Å². The average Bonchev–Trinajstić information content (AvgIpc) is 3.48. The number of likely N-dealkylation sites (tertiary alicyclic amines) is 2. The lowest BCUT2D eigenvalue weighted by atomic mass is 9.77. The molecule has 0 bridgehead atoms. The Morgan fingerprint density at radius 3 is 2.55 bits per heavy atom. The number of nitrogens with zero attached hydrogens (tertiary/aromatic N) is 3. The van der Waals surface area contributed by atoms with Gasteiger partial charge >= 0.3 is 0 Å². The van der Waals surface area contributed by atoms with Gasteiger partial charge in [0, 0.05) is 32.4 Å². The fourth-order valence-corrected chi connectivity index (χ4v) is 5.57. The first-order valence-corrected chi connectivity index (χ1v) is 12.5. The molecule has 31 heavy (non-hydrogen) atoms. The monoisotopic (exact) mass is 458 g/mol. The van der Waals surface area contributed by atoms with Crippen LogP contribution in [0.15, 0.2) is 40.9 Å². The molecular weight excluding hydrogens is 432 g/mol. The van der Waals surface area contributed by atoms with E-state index in [1.54, 1.807) is 18.3 Å². The van der Waals surface area contributed by atoms with Crippen molar-refractivity contribution in [2.24, 2.45) is 5.41 Å². The van der Waals surface area contributed by atoms with Gasteiger partial charge in [0.15, 0.2) is 0 Å². The first-order chi connectivity index (χ1) is 15.0. The molecule has 1 N–H and O–H groups in total. The molecule has 7 nitrogen and oxygen atoms in total. The van der Waals surface area contributed by atoms with Crippen LogP contribution in [0.1, 0.15) is 39.3 Å². The Labute approximate surface area is 190 Å². The lowest BCUT2D eigenvalue weighted by Gasteiger charge is -2.39. The molecule has 2 aromatic rings. The molecule has 0 radical (unpaired) electrons. The van der Waals surface area contributed by atoms with Crippen LogP contribution < -0.4 is 5.32 Å². The number of pyridine rings is 1. The lowest BCUT2D eigenvalue weighted by Crippen LogP contribution is -2.45. The maximum Gasteiger partial charge on any atom is 0.261 e. The molecular formula is C22H26N4O3S2. The molecule has 4 rings (SSSR count). The number of carbonyl (C=O) groups is 3. The van der Waals surface area contributed by atoms with Crippen LogP contribution in [-0.2, 0) is 4.79 Å². The summed E-state index contributed by atoms with van der Waals surface area (Å²) in [7, 11) is 0. The van der Waals surface area contributed by atoms with Crippen molar-refractivity contribution < 1.29 is 14.4 Å². The highest BCUT2D eigenvalue weighted by Gasteiger charge is 2.42. The van der Waals surface area contributed by atoms with Crippen molar-refractivity contribution in [3.05, 3.63) is 46.3 Å². The average molecular weight is 459 g/mol. The van der Waals surface area contributed by atoms with Crippen LogP contribution in [0.2, 0.25) is 0 Å². The molecule has 0 atom stereocenters. The Morgan fingerprint density at radius 1 is 1.13 bits per heavy atom. The van der Waals surface area contributed by atoms with Crippen LogP contribution in [0.25, 0.3) is 0 Å². The van der Waals surface area contributed by atoms with Crippen molar-refractivity contribution in [3.8, 4) is 0 Å². The van der Waals surface area contributed by atoms with Crippen molar-refractivity contribution in [1.29, 1.82) is 0 Å².